The number of hydrogen-bond acceptors (Lipinski definition) is 4. The predicted molar refractivity (Wildman–Crippen MR) is 119 cm³/mol. The third kappa shape index (κ3) is 5.38. The lowest BCUT2D eigenvalue weighted by Gasteiger charge is -2.32. The zero-order chi connectivity index (χ0) is 20.3. The quantitative estimate of drug-likeness (QED) is 0.637. The normalized spacial score (nSPS) is 19.2. The second-order valence-corrected chi connectivity index (χ2v) is 10.8. The molecule has 0 saturated carbocycles. The van der Waals surface area contributed by atoms with Gasteiger partial charge in [-0.25, -0.2) is 0 Å². The summed E-state index contributed by atoms with van der Waals surface area (Å²) in [4.78, 5) is 21.4. The van der Waals surface area contributed by atoms with Crippen molar-refractivity contribution >= 4 is 50.2 Å². The Balaban J connectivity index is 1.73. The van der Waals surface area contributed by atoms with Crippen LogP contribution in [0, 0.1) is 0 Å². The van der Waals surface area contributed by atoms with E-state index in [2.05, 4.69) is 15.8 Å². The minimum Gasteiger partial charge on any atom is -0.333 e. The summed E-state index contributed by atoms with van der Waals surface area (Å²) in [6.45, 7) is 5.35. The van der Waals surface area contributed by atoms with Crippen molar-refractivity contribution in [1.82, 2.24) is 9.80 Å². The molecule has 2 heterocycles. The molecule has 0 spiro atoms. The minimum atomic E-state index is -1.93. The van der Waals surface area contributed by atoms with Gasteiger partial charge in [-0.3, -0.25) is 18.9 Å². The van der Waals surface area contributed by atoms with Crippen LogP contribution in [-0.2, 0) is 20.9 Å². The van der Waals surface area contributed by atoms with Crippen LogP contribution in [-0.4, -0.2) is 75.7 Å². The zero-order valence-electron chi connectivity index (χ0n) is 16.0. The predicted octanol–water partition coefficient (Wildman–Crippen LogP) is 2.75. The van der Waals surface area contributed by atoms with E-state index in [1.807, 2.05) is 13.0 Å². The highest BCUT2D eigenvalue weighted by molar-refractivity contribution is 8.00. The lowest BCUT2D eigenvalue weighted by Crippen LogP contribution is -2.45. The maximum absolute atomic E-state index is 13.1. The number of nitrogens with zero attached hydrogens (tertiary/aromatic N) is 3. The van der Waals surface area contributed by atoms with Crippen LogP contribution in [0.25, 0.3) is 0 Å². The van der Waals surface area contributed by atoms with E-state index in [0.29, 0.717) is 53.3 Å². The van der Waals surface area contributed by atoms with E-state index in [4.69, 9.17) is 23.2 Å². The largest absolute Gasteiger partial charge is 0.333 e. The van der Waals surface area contributed by atoms with Crippen LogP contribution in [0.2, 0.25) is 10.0 Å². The summed E-state index contributed by atoms with van der Waals surface area (Å²) in [7, 11) is -1.93. The van der Waals surface area contributed by atoms with E-state index in [-0.39, 0.29) is 5.91 Å². The molecule has 0 aliphatic carbocycles. The number of hydrogen-bond donors (Lipinski definition) is 0. The first kappa shape index (κ1) is 21.4. The molecule has 28 heavy (non-hydrogen) atoms. The third-order valence-electron chi connectivity index (χ3n) is 5.10. The van der Waals surface area contributed by atoms with Gasteiger partial charge in [-0.2, -0.15) is 0 Å². The SMILES string of the molecule is C=S1(=O)CCN(CCN(Cc2c(Cl)cccc2Cl)C(=O)C2=CC(C)=NC2)CC1. The van der Waals surface area contributed by atoms with Gasteiger partial charge in [-0.1, -0.05) is 29.3 Å². The van der Waals surface area contributed by atoms with Crippen molar-refractivity contribution in [3.8, 4) is 0 Å². The molecule has 0 unspecified atom stereocenters. The van der Waals surface area contributed by atoms with E-state index >= 15 is 0 Å². The Kier molecular flexibility index (Phi) is 6.86. The van der Waals surface area contributed by atoms with E-state index in [9.17, 15) is 9.00 Å². The number of carbonyl (C=O) groups is 1. The lowest BCUT2D eigenvalue weighted by atomic mass is 10.1. The Morgan fingerprint density at radius 3 is 2.50 bits per heavy atom. The summed E-state index contributed by atoms with van der Waals surface area (Å²) in [5.41, 5.74) is 2.29. The van der Waals surface area contributed by atoms with Gasteiger partial charge < -0.3 is 4.90 Å². The molecule has 152 valence electrons. The topological polar surface area (TPSA) is 53.0 Å². The highest BCUT2D eigenvalue weighted by atomic mass is 35.5. The molecule has 5 nitrogen and oxygen atoms in total. The summed E-state index contributed by atoms with van der Waals surface area (Å²) in [6.07, 6.45) is 1.84. The fraction of sp³-hybridized carbons (Fsp3) is 0.450. The number of rotatable bonds is 6. The van der Waals surface area contributed by atoms with Crippen LogP contribution in [0.4, 0.5) is 0 Å². The van der Waals surface area contributed by atoms with Crippen molar-refractivity contribution < 1.29 is 9.00 Å². The van der Waals surface area contributed by atoms with Gasteiger partial charge in [0.2, 0.25) is 0 Å². The number of allylic oxidation sites excluding steroid dienone is 1. The summed E-state index contributed by atoms with van der Waals surface area (Å²) >= 11 is 12.7. The van der Waals surface area contributed by atoms with Gasteiger partial charge >= 0.3 is 0 Å². The third-order valence-corrected chi connectivity index (χ3v) is 7.66. The van der Waals surface area contributed by atoms with Crippen molar-refractivity contribution in [2.45, 2.75) is 13.5 Å². The highest BCUT2D eigenvalue weighted by Gasteiger charge is 2.24. The molecule has 0 aromatic heterocycles. The number of aliphatic imine (C=N–C) groups is 1. The van der Waals surface area contributed by atoms with Gasteiger partial charge in [0.25, 0.3) is 5.91 Å². The average Bonchev–Trinajstić information content (AvgIpc) is 3.08. The Labute approximate surface area is 177 Å². The number of carbonyl (C=O) groups excluding carboxylic acids is 1. The van der Waals surface area contributed by atoms with Crippen molar-refractivity contribution in [3.63, 3.8) is 0 Å². The Bertz CT molecular complexity index is 891. The van der Waals surface area contributed by atoms with Gasteiger partial charge in [0.05, 0.1) is 6.54 Å². The van der Waals surface area contributed by atoms with Gasteiger partial charge in [0, 0.05) is 71.1 Å². The summed E-state index contributed by atoms with van der Waals surface area (Å²) < 4.78 is 12.1. The van der Waals surface area contributed by atoms with Gasteiger partial charge in [-0.05, 0) is 40.5 Å². The smallest absolute Gasteiger partial charge is 0.252 e. The average molecular weight is 442 g/mol. The van der Waals surface area contributed by atoms with Crippen LogP contribution in [0.15, 0.2) is 34.8 Å². The molecule has 1 aromatic carbocycles. The molecular formula is C20H25Cl2N3O2S. The van der Waals surface area contributed by atoms with Crippen LogP contribution in [0.3, 0.4) is 0 Å². The van der Waals surface area contributed by atoms with E-state index in [0.717, 1.165) is 24.4 Å². The van der Waals surface area contributed by atoms with Gasteiger partial charge in [0.15, 0.2) is 0 Å². The van der Waals surface area contributed by atoms with Crippen LogP contribution in [0.1, 0.15) is 12.5 Å². The second-order valence-electron chi connectivity index (χ2n) is 7.27. The van der Waals surface area contributed by atoms with Crippen molar-refractivity contribution in [3.05, 3.63) is 45.5 Å². The molecular weight excluding hydrogens is 417 g/mol. The van der Waals surface area contributed by atoms with Crippen molar-refractivity contribution in [2.24, 2.45) is 4.99 Å². The minimum absolute atomic E-state index is 0.0467. The molecule has 1 fully saturated rings. The van der Waals surface area contributed by atoms with Gasteiger partial charge in [0.1, 0.15) is 0 Å². The van der Waals surface area contributed by atoms with Gasteiger partial charge in [-0.15, -0.1) is 0 Å². The molecule has 2 aliphatic rings. The number of benzene rings is 1. The molecule has 2 aliphatic heterocycles. The fourth-order valence-corrected chi connectivity index (χ4v) is 5.21. The molecule has 1 aromatic rings. The van der Waals surface area contributed by atoms with Crippen LogP contribution in [0.5, 0.6) is 0 Å². The van der Waals surface area contributed by atoms with E-state index < -0.39 is 9.52 Å². The lowest BCUT2D eigenvalue weighted by molar-refractivity contribution is -0.127. The molecule has 1 amide bonds. The van der Waals surface area contributed by atoms with E-state index in [1.54, 1.807) is 23.1 Å². The first-order chi connectivity index (χ1) is 13.2. The molecule has 1 saturated heterocycles. The zero-order valence-corrected chi connectivity index (χ0v) is 18.3. The summed E-state index contributed by atoms with van der Waals surface area (Å²) in [5, 5.41) is 1.10. The van der Waals surface area contributed by atoms with E-state index in [1.165, 1.54) is 0 Å². The van der Waals surface area contributed by atoms with Crippen LogP contribution >= 0.6 is 23.2 Å². The molecule has 0 bridgehead atoms. The fourth-order valence-electron chi connectivity index (χ4n) is 3.30. The summed E-state index contributed by atoms with van der Waals surface area (Å²) in [6, 6.07) is 5.35. The first-order valence-corrected chi connectivity index (χ1v) is 12.1. The molecule has 0 atom stereocenters. The standard InChI is InChI=1S/C20H25Cl2N3O2S/c1-15-12-16(13-23-15)20(26)25(14-17-18(21)4-3-5-19(17)22)7-6-24-8-10-28(2,27)11-9-24/h3-5,12H,2,6-11,13-14H2,1H3. The van der Waals surface area contributed by atoms with Crippen molar-refractivity contribution in [2.75, 3.05) is 44.2 Å². The molecule has 3 rings (SSSR count). The van der Waals surface area contributed by atoms with Crippen LogP contribution < -0.4 is 0 Å². The summed E-state index contributed by atoms with van der Waals surface area (Å²) in [5.74, 6) is 4.98. The Hall–Kier alpha value is -1.34. The van der Waals surface area contributed by atoms with Crippen molar-refractivity contribution in [1.29, 1.82) is 0 Å². The Morgan fingerprint density at radius 2 is 1.93 bits per heavy atom. The maximum atomic E-state index is 13.1. The number of halogens is 2. The maximum Gasteiger partial charge on any atom is 0.252 e. The second kappa shape index (κ2) is 8.99. The Morgan fingerprint density at radius 1 is 1.29 bits per heavy atom. The highest BCUT2D eigenvalue weighted by Crippen LogP contribution is 2.26. The monoisotopic (exact) mass is 441 g/mol. The molecule has 0 radical (unpaired) electrons. The number of amides is 1. The molecule has 8 heteroatoms. The first-order valence-electron chi connectivity index (χ1n) is 9.24. The molecule has 0 N–H and O–H groups in total.